The molecule has 1 amide bonds. The number of aliphatic hydroxyl groups is 1. The third kappa shape index (κ3) is 4.05. The van der Waals surface area contributed by atoms with Crippen LogP contribution in [0.4, 0.5) is 10.1 Å². The van der Waals surface area contributed by atoms with Crippen LogP contribution in [0.1, 0.15) is 41.2 Å². The van der Waals surface area contributed by atoms with Crippen molar-refractivity contribution in [2.75, 3.05) is 31.6 Å². The molecule has 1 aliphatic heterocycles. The summed E-state index contributed by atoms with van der Waals surface area (Å²) in [5, 5.41) is 9.04. The summed E-state index contributed by atoms with van der Waals surface area (Å²) in [6.45, 7) is 1.35. The normalized spacial score (nSPS) is 17.2. The number of benzene rings is 2. The predicted molar refractivity (Wildman–Crippen MR) is 101 cm³/mol. The van der Waals surface area contributed by atoms with Crippen LogP contribution in [0.5, 0.6) is 0 Å². The maximum atomic E-state index is 13.2. The van der Waals surface area contributed by atoms with Crippen molar-refractivity contribution in [3.63, 3.8) is 0 Å². The number of carbonyl (C=O) groups is 1. The van der Waals surface area contributed by atoms with Crippen molar-refractivity contribution < 1.29 is 14.3 Å². The lowest BCUT2D eigenvalue weighted by molar-refractivity contribution is 0.0611. The second-order valence-electron chi connectivity index (χ2n) is 6.75. The zero-order chi connectivity index (χ0) is 18.5. The fourth-order valence-corrected chi connectivity index (χ4v) is 3.51. The van der Waals surface area contributed by atoms with E-state index in [1.54, 1.807) is 12.1 Å². The number of nitrogens with zero attached hydrogens (tertiary/aromatic N) is 2. The summed E-state index contributed by atoms with van der Waals surface area (Å²) in [6, 6.07) is 13.9. The van der Waals surface area contributed by atoms with Crippen LogP contribution in [-0.2, 0) is 0 Å². The first kappa shape index (κ1) is 18.4. The highest BCUT2D eigenvalue weighted by molar-refractivity contribution is 5.95. The monoisotopic (exact) mass is 356 g/mol. The Labute approximate surface area is 153 Å². The van der Waals surface area contributed by atoms with Crippen LogP contribution in [0, 0.1) is 5.82 Å². The molecule has 1 heterocycles. The van der Waals surface area contributed by atoms with Crippen LogP contribution in [0.3, 0.4) is 0 Å². The lowest BCUT2D eigenvalue weighted by Gasteiger charge is -2.36. The number of aliphatic hydroxyl groups excluding tert-OH is 1. The van der Waals surface area contributed by atoms with Crippen LogP contribution in [0.2, 0.25) is 0 Å². The molecule has 26 heavy (non-hydrogen) atoms. The van der Waals surface area contributed by atoms with Gasteiger partial charge in [-0.25, -0.2) is 4.39 Å². The number of anilines is 1. The van der Waals surface area contributed by atoms with E-state index in [1.807, 2.05) is 41.1 Å². The number of hydrogen-bond acceptors (Lipinski definition) is 3. The van der Waals surface area contributed by atoms with Gasteiger partial charge in [-0.15, -0.1) is 0 Å². The van der Waals surface area contributed by atoms with Gasteiger partial charge in [-0.3, -0.25) is 4.79 Å². The Morgan fingerprint density at radius 2 is 1.85 bits per heavy atom. The summed E-state index contributed by atoms with van der Waals surface area (Å²) in [4.78, 5) is 16.9. The van der Waals surface area contributed by atoms with Gasteiger partial charge in [-0.1, -0.05) is 12.1 Å². The highest BCUT2D eigenvalue weighted by atomic mass is 19.1. The molecule has 0 spiro atoms. The Bertz CT molecular complexity index is 731. The molecule has 4 nitrogen and oxygen atoms in total. The predicted octanol–water partition coefficient (Wildman–Crippen LogP) is 3.62. The number of piperidine rings is 1. The number of rotatable bonds is 5. The highest BCUT2D eigenvalue weighted by Gasteiger charge is 2.28. The van der Waals surface area contributed by atoms with Crippen molar-refractivity contribution in [2.45, 2.75) is 25.3 Å². The van der Waals surface area contributed by atoms with Crippen LogP contribution < -0.4 is 4.90 Å². The Kier molecular flexibility index (Phi) is 5.89. The van der Waals surface area contributed by atoms with Gasteiger partial charge in [-0.2, -0.15) is 0 Å². The third-order valence-corrected chi connectivity index (χ3v) is 5.01. The smallest absolute Gasteiger partial charge is 0.254 e. The average Bonchev–Trinajstić information content (AvgIpc) is 2.68. The molecule has 3 rings (SSSR count). The van der Waals surface area contributed by atoms with E-state index >= 15 is 0 Å². The molecule has 1 aliphatic rings. The molecular weight excluding hydrogens is 331 g/mol. The van der Waals surface area contributed by atoms with Crippen LogP contribution in [0.15, 0.2) is 48.5 Å². The molecule has 2 aromatic carbocycles. The van der Waals surface area contributed by atoms with Gasteiger partial charge in [0, 0.05) is 31.4 Å². The van der Waals surface area contributed by atoms with Crippen LogP contribution in [-0.4, -0.2) is 42.7 Å². The first-order chi connectivity index (χ1) is 12.6. The molecule has 0 aliphatic carbocycles. The number of likely N-dealkylation sites (N-methyl/N-ethyl adjacent to an activating group) is 1. The fraction of sp³-hybridized carbons (Fsp3) is 0.381. The maximum absolute atomic E-state index is 13.2. The van der Waals surface area contributed by atoms with E-state index in [-0.39, 0.29) is 24.4 Å². The highest BCUT2D eigenvalue weighted by Crippen LogP contribution is 2.32. The second-order valence-corrected chi connectivity index (χ2v) is 6.75. The van der Waals surface area contributed by atoms with E-state index in [0.29, 0.717) is 18.7 Å². The summed E-state index contributed by atoms with van der Waals surface area (Å²) < 4.78 is 13.2. The summed E-state index contributed by atoms with van der Waals surface area (Å²) in [7, 11) is 1.91. The van der Waals surface area contributed by atoms with Gasteiger partial charge in [0.15, 0.2) is 0 Å². The second kappa shape index (κ2) is 8.32. The van der Waals surface area contributed by atoms with Gasteiger partial charge in [0.1, 0.15) is 5.82 Å². The van der Waals surface area contributed by atoms with Crippen molar-refractivity contribution in [3.05, 3.63) is 65.5 Å². The molecular formula is C21H25FN2O2. The Morgan fingerprint density at radius 3 is 2.50 bits per heavy atom. The zero-order valence-corrected chi connectivity index (χ0v) is 15.1. The van der Waals surface area contributed by atoms with E-state index in [9.17, 15) is 9.18 Å². The number of carbonyl (C=O) groups excluding carboxylic acids is 1. The molecule has 0 unspecified atom stereocenters. The summed E-state index contributed by atoms with van der Waals surface area (Å²) in [6.07, 6.45) is 2.95. The molecule has 1 saturated heterocycles. The summed E-state index contributed by atoms with van der Waals surface area (Å²) in [5.41, 5.74) is 2.60. The van der Waals surface area contributed by atoms with E-state index < -0.39 is 0 Å². The number of amides is 1. The SMILES string of the molecule is CN(CCO)c1ccc(C(=O)N2CCCC[C@@H]2c2ccc(F)cc2)cc1. The van der Waals surface area contributed by atoms with Gasteiger partial charge in [0.2, 0.25) is 0 Å². The van der Waals surface area contributed by atoms with Crippen LogP contribution >= 0.6 is 0 Å². The Hall–Kier alpha value is -2.40. The Balaban J connectivity index is 1.79. The topological polar surface area (TPSA) is 43.8 Å². The minimum absolute atomic E-state index is 0.00594. The van der Waals surface area contributed by atoms with E-state index in [0.717, 1.165) is 30.5 Å². The molecule has 0 aromatic heterocycles. The first-order valence-corrected chi connectivity index (χ1v) is 9.08. The molecule has 0 bridgehead atoms. The van der Waals surface area contributed by atoms with Crippen molar-refractivity contribution in [1.82, 2.24) is 4.90 Å². The minimum Gasteiger partial charge on any atom is -0.395 e. The number of hydrogen-bond donors (Lipinski definition) is 1. The molecule has 1 fully saturated rings. The van der Waals surface area contributed by atoms with Crippen molar-refractivity contribution >= 4 is 11.6 Å². The van der Waals surface area contributed by atoms with Crippen molar-refractivity contribution in [2.24, 2.45) is 0 Å². The largest absolute Gasteiger partial charge is 0.395 e. The molecule has 0 radical (unpaired) electrons. The summed E-state index contributed by atoms with van der Waals surface area (Å²) in [5.74, 6) is -0.250. The van der Waals surface area contributed by atoms with E-state index in [2.05, 4.69) is 0 Å². The first-order valence-electron chi connectivity index (χ1n) is 9.08. The fourth-order valence-electron chi connectivity index (χ4n) is 3.51. The molecule has 0 saturated carbocycles. The minimum atomic E-state index is -0.259. The zero-order valence-electron chi connectivity index (χ0n) is 15.1. The molecule has 5 heteroatoms. The van der Waals surface area contributed by atoms with Gasteiger partial charge < -0.3 is 14.9 Å². The van der Waals surface area contributed by atoms with Crippen LogP contribution in [0.25, 0.3) is 0 Å². The van der Waals surface area contributed by atoms with Gasteiger partial charge in [0.05, 0.1) is 12.6 Å². The lowest BCUT2D eigenvalue weighted by Crippen LogP contribution is -2.38. The van der Waals surface area contributed by atoms with E-state index in [1.165, 1.54) is 12.1 Å². The van der Waals surface area contributed by atoms with Gasteiger partial charge in [0.25, 0.3) is 5.91 Å². The van der Waals surface area contributed by atoms with E-state index in [4.69, 9.17) is 5.11 Å². The quantitative estimate of drug-likeness (QED) is 0.890. The van der Waals surface area contributed by atoms with Gasteiger partial charge in [-0.05, 0) is 61.2 Å². The average molecular weight is 356 g/mol. The molecule has 1 N–H and O–H groups in total. The molecule has 1 atom stereocenters. The third-order valence-electron chi connectivity index (χ3n) is 5.01. The lowest BCUT2D eigenvalue weighted by atomic mass is 9.94. The molecule has 2 aromatic rings. The number of likely N-dealkylation sites (tertiary alicyclic amines) is 1. The van der Waals surface area contributed by atoms with Gasteiger partial charge >= 0.3 is 0 Å². The summed E-state index contributed by atoms with van der Waals surface area (Å²) >= 11 is 0. The molecule has 138 valence electrons. The number of halogens is 1. The van der Waals surface area contributed by atoms with Crippen molar-refractivity contribution in [3.8, 4) is 0 Å². The maximum Gasteiger partial charge on any atom is 0.254 e. The van der Waals surface area contributed by atoms with Crippen molar-refractivity contribution in [1.29, 1.82) is 0 Å². The standard InChI is InChI=1S/C21H25FN2O2/c1-23(14-15-25)19-11-7-17(8-12-19)21(26)24-13-3-2-4-20(24)16-5-9-18(22)10-6-16/h5-12,20,25H,2-4,13-15H2,1H3/t20-/m1/s1. The Morgan fingerprint density at radius 1 is 1.15 bits per heavy atom.